The molecule has 2 aliphatic rings. The maximum Gasteiger partial charge on any atom is 0.333 e. The molecule has 23 heavy (non-hydrogen) atoms. The van der Waals surface area contributed by atoms with Gasteiger partial charge >= 0.3 is 5.97 Å². The highest BCUT2D eigenvalue weighted by Gasteiger charge is 2.56. The fourth-order valence-corrected chi connectivity index (χ4v) is 5.41. The molecule has 0 spiro atoms. The first kappa shape index (κ1) is 18.7. The van der Waals surface area contributed by atoms with Gasteiger partial charge in [0.15, 0.2) is 5.85 Å². The van der Waals surface area contributed by atoms with Crippen molar-refractivity contribution >= 4 is 13.3 Å². The number of rotatable bonds is 12. The molecule has 1 N–H and O–H groups in total. The number of ether oxygens (including phenoxy) is 1. The highest BCUT2D eigenvalue weighted by molar-refractivity contribution is 7.65. The summed E-state index contributed by atoms with van der Waals surface area (Å²) in [5.74, 6) is -1.18. The van der Waals surface area contributed by atoms with E-state index in [4.69, 9.17) is 4.52 Å². The number of aliphatic hydroxyl groups is 1. The number of unbranched alkanes of at least 4 members (excludes halogenated alkanes) is 9. The lowest BCUT2D eigenvalue weighted by Crippen LogP contribution is -2.12. The third-order valence-corrected chi connectivity index (χ3v) is 6.91. The fraction of sp³-hybridized carbons (Fsp3) is 0.824. The second kappa shape index (κ2) is 9.00. The first-order valence-electron chi connectivity index (χ1n) is 8.94. The van der Waals surface area contributed by atoms with Gasteiger partial charge in [0.2, 0.25) is 13.7 Å². The number of hydrogen-bond donors (Lipinski definition) is 1. The topological polar surface area (TPSA) is 76.1 Å². The second-order valence-electron chi connectivity index (χ2n) is 6.52. The lowest BCUT2D eigenvalue weighted by molar-refractivity contribution is -0.151. The zero-order valence-corrected chi connectivity index (χ0v) is 14.9. The van der Waals surface area contributed by atoms with E-state index in [9.17, 15) is 14.5 Å². The molecule has 3 atom stereocenters. The Kier molecular flexibility index (Phi) is 7.32. The molecule has 5 nitrogen and oxygen atoms in total. The van der Waals surface area contributed by atoms with Crippen molar-refractivity contribution in [3.8, 4) is 0 Å². The zero-order chi connectivity index (χ0) is 16.7. The molecule has 1 saturated heterocycles. The van der Waals surface area contributed by atoms with Crippen LogP contribution in [0.3, 0.4) is 0 Å². The Hall–Kier alpha value is -0.640. The van der Waals surface area contributed by atoms with E-state index in [1.54, 1.807) is 0 Å². The number of aliphatic hydroxyl groups excluding tert-OH is 1. The van der Waals surface area contributed by atoms with Crippen LogP contribution in [-0.4, -0.2) is 29.4 Å². The van der Waals surface area contributed by atoms with E-state index in [0.29, 0.717) is 11.7 Å². The highest BCUT2D eigenvalue weighted by Crippen LogP contribution is 2.72. The summed E-state index contributed by atoms with van der Waals surface area (Å²) in [5, 5.41) is 9.54. The SMILES string of the molecule is CCCCCCCCCCCCP1(=O)OC1C1=CC(=O)OC1O. The number of carbonyl (C=O) groups excluding carboxylic acids is 1. The van der Waals surface area contributed by atoms with E-state index < -0.39 is 25.5 Å². The summed E-state index contributed by atoms with van der Waals surface area (Å²) in [6.07, 6.45) is 12.8. The van der Waals surface area contributed by atoms with E-state index in [1.165, 1.54) is 57.4 Å². The molecule has 0 aliphatic carbocycles. The van der Waals surface area contributed by atoms with Crippen LogP contribution in [0, 0.1) is 0 Å². The summed E-state index contributed by atoms with van der Waals surface area (Å²) in [6, 6.07) is 0. The van der Waals surface area contributed by atoms with E-state index in [1.807, 2.05) is 0 Å². The molecule has 2 heterocycles. The minimum Gasteiger partial charge on any atom is -0.429 e. The van der Waals surface area contributed by atoms with Gasteiger partial charge in [-0.1, -0.05) is 64.7 Å². The first-order chi connectivity index (χ1) is 11.1. The average Bonchev–Trinajstić information content (AvgIpc) is 3.05. The van der Waals surface area contributed by atoms with Gasteiger partial charge < -0.3 is 14.4 Å². The van der Waals surface area contributed by atoms with Gasteiger partial charge in [0.05, 0.1) is 0 Å². The maximum atomic E-state index is 12.4. The summed E-state index contributed by atoms with van der Waals surface area (Å²) >= 11 is 0. The number of carbonyl (C=O) groups is 1. The largest absolute Gasteiger partial charge is 0.429 e. The second-order valence-corrected chi connectivity index (χ2v) is 9.10. The Balaban J connectivity index is 1.50. The van der Waals surface area contributed by atoms with Crippen LogP contribution in [0.1, 0.15) is 71.1 Å². The normalized spacial score (nSPS) is 29.5. The van der Waals surface area contributed by atoms with Crippen molar-refractivity contribution in [1.29, 1.82) is 0 Å². The summed E-state index contributed by atoms with van der Waals surface area (Å²) in [6.45, 7) is 2.23. The van der Waals surface area contributed by atoms with Crippen molar-refractivity contribution in [2.75, 3.05) is 6.16 Å². The Morgan fingerprint density at radius 1 is 1.04 bits per heavy atom. The summed E-state index contributed by atoms with van der Waals surface area (Å²) < 4.78 is 22.3. The van der Waals surface area contributed by atoms with Gasteiger partial charge in [-0.25, -0.2) is 4.79 Å². The van der Waals surface area contributed by atoms with Crippen molar-refractivity contribution in [2.24, 2.45) is 0 Å². The number of esters is 1. The van der Waals surface area contributed by atoms with Gasteiger partial charge in [-0.05, 0) is 6.42 Å². The van der Waals surface area contributed by atoms with Crippen LogP contribution in [0.15, 0.2) is 11.6 Å². The van der Waals surface area contributed by atoms with E-state index in [2.05, 4.69) is 11.7 Å². The predicted molar refractivity (Wildman–Crippen MR) is 89.4 cm³/mol. The van der Waals surface area contributed by atoms with Gasteiger partial charge in [0.1, 0.15) is 0 Å². The number of hydrogen-bond acceptors (Lipinski definition) is 5. The monoisotopic (exact) mass is 344 g/mol. The third kappa shape index (κ3) is 5.74. The van der Waals surface area contributed by atoms with E-state index in [0.717, 1.165) is 12.8 Å². The predicted octanol–water partition coefficient (Wildman–Crippen LogP) is 4.34. The lowest BCUT2D eigenvalue weighted by Gasteiger charge is -2.04. The quantitative estimate of drug-likeness (QED) is 0.247. The maximum absolute atomic E-state index is 12.4. The molecule has 0 aromatic heterocycles. The standard InChI is InChI=1S/C17H29O5P/c1-2-3-4-5-6-7-8-9-10-11-12-23(20)17(22-23)14-13-15(18)21-16(14)19/h13,16-17,19H,2-12H2,1H3. The third-order valence-electron chi connectivity index (χ3n) is 4.50. The van der Waals surface area contributed by atoms with Gasteiger partial charge in [-0.2, -0.15) is 0 Å². The first-order valence-corrected chi connectivity index (χ1v) is 10.8. The molecular weight excluding hydrogens is 315 g/mol. The molecule has 0 aromatic rings. The lowest BCUT2D eigenvalue weighted by atomic mass is 10.1. The molecule has 2 rings (SSSR count). The van der Waals surface area contributed by atoms with Crippen LogP contribution in [0.5, 0.6) is 0 Å². The molecular formula is C17H29O5P. The van der Waals surface area contributed by atoms with Crippen molar-refractivity contribution in [2.45, 2.75) is 83.3 Å². The molecule has 132 valence electrons. The highest BCUT2D eigenvalue weighted by atomic mass is 31.2. The molecule has 0 saturated carbocycles. The molecule has 6 heteroatoms. The summed E-state index contributed by atoms with van der Waals surface area (Å²) in [5.41, 5.74) is 0.324. The van der Waals surface area contributed by atoms with Crippen LogP contribution in [-0.2, 0) is 18.6 Å². The molecule has 0 aromatic carbocycles. The van der Waals surface area contributed by atoms with Gasteiger partial charge in [-0.15, -0.1) is 0 Å². The van der Waals surface area contributed by atoms with Crippen molar-refractivity contribution in [3.05, 3.63) is 11.6 Å². The van der Waals surface area contributed by atoms with Gasteiger partial charge in [0, 0.05) is 17.8 Å². The smallest absolute Gasteiger partial charge is 0.333 e. The molecule has 0 amide bonds. The average molecular weight is 344 g/mol. The van der Waals surface area contributed by atoms with Crippen LogP contribution in [0.2, 0.25) is 0 Å². The molecule has 0 bridgehead atoms. The van der Waals surface area contributed by atoms with Gasteiger partial charge in [0.25, 0.3) is 0 Å². The zero-order valence-electron chi connectivity index (χ0n) is 14.0. The van der Waals surface area contributed by atoms with E-state index >= 15 is 0 Å². The van der Waals surface area contributed by atoms with E-state index in [-0.39, 0.29) is 0 Å². The van der Waals surface area contributed by atoms with Crippen LogP contribution < -0.4 is 0 Å². The Morgan fingerprint density at radius 3 is 2.13 bits per heavy atom. The molecule has 2 aliphatic heterocycles. The fourth-order valence-electron chi connectivity index (χ4n) is 3.03. The van der Waals surface area contributed by atoms with Crippen molar-refractivity contribution < 1.29 is 23.7 Å². The van der Waals surface area contributed by atoms with Crippen LogP contribution in [0.25, 0.3) is 0 Å². The minimum absolute atomic E-state index is 0.324. The number of cyclic esters (lactones) is 1. The Labute approximate surface area is 138 Å². The Morgan fingerprint density at radius 2 is 1.61 bits per heavy atom. The molecule has 3 unspecified atom stereocenters. The van der Waals surface area contributed by atoms with Crippen LogP contribution >= 0.6 is 7.37 Å². The van der Waals surface area contributed by atoms with Crippen molar-refractivity contribution in [3.63, 3.8) is 0 Å². The minimum atomic E-state index is -2.67. The Bertz CT molecular complexity index is 474. The summed E-state index contributed by atoms with van der Waals surface area (Å²) in [7, 11) is -2.67. The molecule has 0 radical (unpaired) electrons. The van der Waals surface area contributed by atoms with Crippen LogP contribution in [0.4, 0.5) is 0 Å². The van der Waals surface area contributed by atoms with Gasteiger partial charge in [-0.3, -0.25) is 4.57 Å². The van der Waals surface area contributed by atoms with Crippen molar-refractivity contribution in [1.82, 2.24) is 0 Å². The summed E-state index contributed by atoms with van der Waals surface area (Å²) in [4.78, 5) is 11.0. The molecule has 1 fully saturated rings.